The van der Waals surface area contributed by atoms with Crippen LogP contribution in [0.25, 0.3) is 0 Å². The standard InChI is InChI=1S/C13H15FO3/c1-16-13-5-4-10(14)6-11(13)12(15)8-17-7-9-2-3-9/h4-6,9H,2-3,7-8H2,1H3. The second-order valence-corrected chi connectivity index (χ2v) is 4.23. The summed E-state index contributed by atoms with van der Waals surface area (Å²) >= 11 is 0. The van der Waals surface area contributed by atoms with E-state index in [0.717, 1.165) is 0 Å². The average molecular weight is 238 g/mol. The van der Waals surface area contributed by atoms with Gasteiger partial charge >= 0.3 is 0 Å². The lowest BCUT2D eigenvalue weighted by molar-refractivity contribution is 0.0736. The quantitative estimate of drug-likeness (QED) is 0.714. The number of ketones is 1. The summed E-state index contributed by atoms with van der Waals surface area (Å²) in [6.45, 7) is 0.597. The van der Waals surface area contributed by atoms with Gasteiger partial charge in [0.1, 0.15) is 18.2 Å². The summed E-state index contributed by atoms with van der Waals surface area (Å²) in [4.78, 5) is 11.8. The maximum absolute atomic E-state index is 13.1. The Labute approximate surface area is 99.5 Å². The first-order valence-corrected chi connectivity index (χ1v) is 5.65. The molecule has 3 nitrogen and oxygen atoms in total. The van der Waals surface area contributed by atoms with Crippen LogP contribution in [-0.4, -0.2) is 26.1 Å². The Bertz CT molecular complexity index is 413. The zero-order chi connectivity index (χ0) is 12.3. The minimum absolute atomic E-state index is 0.0175. The molecule has 1 aromatic rings. The highest BCUT2D eigenvalue weighted by Gasteiger charge is 2.22. The Kier molecular flexibility index (Phi) is 3.74. The fraction of sp³-hybridized carbons (Fsp3) is 0.462. The van der Waals surface area contributed by atoms with E-state index in [1.807, 2.05) is 0 Å². The third-order valence-corrected chi connectivity index (χ3v) is 2.75. The predicted molar refractivity (Wildman–Crippen MR) is 60.8 cm³/mol. The van der Waals surface area contributed by atoms with Gasteiger partial charge in [0.05, 0.1) is 19.3 Å². The van der Waals surface area contributed by atoms with Crippen molar-refractivity contribution >= 4 is 5.78 Å². The van der Waals surface area contributed by atoms with Gasteiger partial charge < -0.3 is 9.47 Å². The van der Waals surface area contributed by atoms with Gasteiger partial charge in [0.2, 0.25) is 0 Å². The molecule has 1 aromatic carbocycles. The van der Waals surface area contributed by atoms with Crippen LogP contribution >= 0.6 is 0 Å². The number of Topliss-reactive ketones (excluding diaryl/α,β-unsaturated/α-hetero) is 1. The van der Waals surface area contributed by atoms with E-state index in [9.17, 15) is 9.18 Å². The van der Waals surface area contributed by atoms with Crippen molar-refractivity contribution < 1.29 is 18.7 Å². The van der Waals surface area contributed by atoms with E-state index >= 15 is 0 Å². The van der Waals surface area contributed by atoms with Gasteiger partial charge in [-0.15, -0.1) is 0 Å². The van der Waals surface area contributed by atoms with Crippen LogP contribution in [0, 0.1) is 11.7 Å². The smallest absolute Gasteiger partial charge is 0.192 e. The minimum atomic E-state index is -0.448. The number of hydrogen-bond acceptors (Lipinski definition) is 3. The van der Waals surface area contributed by atoms with Crippen LogP contribution in [-0.2, 0) is 4.74 Å². The summed E-state index contributed by atoms with van der Waals surface area (Å²) in [5, 5.41) is 0. The lowest BCUT2D eigenvalue weighted by atomic mass is 10.1. The van der Waals surface area contributed by atoms with Crippen molar-refractivity contribution in [2.75, 3.05) is 20.3 Å². The van der Waals surface area contributed by atoms with Crippen LogP contribution in [0.2, 0.25) is 0 Å². The second kappa shape index (κ2) is 5.27. The van der Waals surface area contributed by atoms with Crippen molar-refractivity contribution in [2.24, 2.45) is 5.92 Å². The molecule has 0 aromatic heterocycles. The van der Waals surface area contributed by atoms with Crippen molar-refractivity contribution in [3.8, 4) is 5.75 Å². The van der Waals surface area contributed by atoms with Crippen LogP contribution in [0.3, 0.4) is 0 Å². The molecule has 0 radical (unpaired) electrons. The molecular formula is C13H15FO3. The first-order chi connectivity index (χ1) is 8.20. The van der Waals surface area contributed by atoms with Crippen molar-refractivity contribution in [1.82, 2.24) is 0 Å². The molecule has 0 spiro atoms. The fourth-order valence-corrected chi connectivity index (χ4v) is 1.58. The van der Waals surface area contributed by atoms with Crippen LogP contribution in [0.15, 0.2) is 18.2 Å². The Morgan fingerprint density at radius 3 is 2.88 bits per heavy atom. The summed E-state index contributed by atoms with van der Waals surface area (Å²) in [6, 6.07) is 3.89. The minimum Gasteiger partial charge on any atom is -0.496 e. The van der Waals surface area contributed by atoms with Crippen molar-refractivity contribution in [3.05, 3.63) is 29.6 Å². The second-order valence-electron chi connectivity index (χ2n) is 4.23. The van der Waals surface area contributed by atoms with Gasteiger partial charge in [0.25, 0.3) is 0 Å². The van der Waals surface area contributed by atoms with Gasteiger partial charge in [-0.05, 0) is 37.0 Å². The molecule has 2 rings (SSSR count). The molecule has 1 fully saturated rings. The van der Waals surface area contributed by atoms with Gasteiger partial charge in [-0.2, -0.15) is 0 Å². The molecule has 1 aliphatic carbocycles. The molecular weight excluding hydrogens is 223 g/mol. The summed E-state index contributed by atoms with van der Waals surface area (Å²) in [7, 11) is 1.45. The molecule has 0 atom stereocenters. The lowest BCUT2D eigenvalue weighted by Gasteiger charge is -2.08. The Balaban J connectivity index is 1.98. The van der Waals surface area contributed by atoms with Gasteiger partial charge in [0.15, 0.2) is 5.78 Å². The van der Waals surface area contributed by atoms with E-state index in [1.165, 1.54) is 38.2 Å². The third kappa shape index (κ3) is 3.27. The summed E-state index contributed by atoms with van der Waals surface area (Å²) in [6.07, 6.45) is 2.36. The number of hydrogen-bond donors (Lipinski definition) is 0. The maximum atomic E-state index is 13.1. The normalized spacial score (nSPS) is 14.7. The highest BCUT2D eigenvalue weighted by Crippen LogP contribution is 2.29. The van der Waals surface area contributed by atoms with Gasteiger partial charge in [-0.3, -0.25) is 4.79 Å². The number of carbonyl (C=O) groups excluding carboxylic acids is 1. The Morgan fingerprint density at radius 2 is 2.24 bits per heavy atom. The van der Waals surface area contributed by atoms with Crippen molar-refractivity contribution in [3.63, 3.8) is 0 Å². The molecule has 92 valence electrons. The predicted octanol–water partition coefficient (Wildman–Crippen LogP) is 2.44. The highest BCUT2D eigenvalue weighted by atomic mass is 19.1. The first-order valence-electron chi connectivity index (χ1n) is 5.65. The number of rotatable bonds is 6. The Hall–Kier alpha value is -1.42. The van der Waals surface area contributed by atoms with E-state index < -0.39 is 5.82 Å². The molecule has 0 aliphatic heterocycles. The average Bonchev–Trinajstić information content (AvgIpc) is 3.13. The van der Waals surface area contributed by atoms with Crippen molar-refractivity contribution in [1.29, 1.82) is 0 Å². The van der Waals surface area contributed by atoms with E-state index in [2.05, 4.69) is 0 Å². The van der Waals surface area contributed by atoms with Gasteiger partial charge in [-0.25, -0.2) is 4.39 Å². The molecule has 0 saturated heterocycles. The zero-order valence-corrected chi connectivity index (χ0v) is 9.74. The molecule has 17 heavy (non-hydrogen) atoms. The summed E-state index contributed by atoms with van der Waals surface area (Å²) in [5.74, 6) is 0.293. The highest BCUT2D eigenvalue weighted by molar-refractivity contribution is 5.99. The molecule has 4 heteroatoms. The fourth-order valence-electron chi connectivity index (χ4n) is 1.58. The number of benzene rings is 1. The van der Waals surface area contributed by atoms with Crippen LogP contribution in [0.4, 0.5) is 4.39 Å². The topological polar surface area (TPSA) is 35.5 Å². The molecule has 0 heterocycles. The van der Waals surface area contributed by atoms with E-state index in [-0.39, 0.29) is 18.0 Å². The molecule has 0 unspecified atom stereocenters. The van der Waals surface area contributed by atoms with Gasteiger partial charge in [-0.1, -0.05) is 0 Å². The molecule has 0 bridgehead atoms. The van der Waals surface area contributed by atoms with Crippen LogP contribution in [0.1, 0.15) is 23.2 Å². The molecule has 1 aliphatic rings. The molecule has 0 N–H and O–H groups in total. The molecule has 0 amide bonds. The zero-order valence-electron chi connectivity index (χ0n) is 9.74. The number of ether oxygens (including phenoxy) is 2. The van der Waals surface area contributed by atoms with Crippen LogP contribution in [0.5, 0.6) is 5.75 Å². The van der Waals surface area contributed by atoms with E-state index in [0.29, 0.717) is 18.3 Å². The van der Waals surface area contributed by atoms with Crippen molar-refractivity contribution in [2.45, 2.75) is 12.8 Å². The summed E-state index contributed by atoms with van der Waals surface area (Å²) < 4.78 is 23.4. The Morgan fingerprint density at radius 1 is 1.47 bits per heavy atom. The first kappa shape index (κ1) is 12.0. The van der Waals surface area contributed by atoms with E-state index in [1.54, 1.807) is 0 Å². The van der Waals surface area contributed by atoms with Gasteiger partial charge in [0, 0.05) is 0 Å². The van der Waals surface area contributed by atoms with Crippen LogP contribution < -0.4 is 4.74 Å². The summed E-state index contributed by atoms with van der Waals surface area (Å²) in [5.41, 5.74) is 0.239. The van der Waals surface area contributed by atoms with E-state index in [4.69, 9.17) is 9.47 Å². The number of carbonyl (C=O) groups is 1. The SMILES string of the molecule is COc1ccc(F)cc1C(=O)COCC1CC1. The molecule has 1 saturated carbocycles. The maximum Gasteiger partial charge on any atom is 0.192 e. The largest absolute Gasteiger partial charge is 0.496 e. The lowest BCUT2D eigenvalue weighted by Crippen LogP contribution is -2.12. The number of methoxy groups -OCH3 is 1. The monoisotopic (exact) mass is 238 g/mol. The number of halogens is 1. The third-order valence-electron chi connectivity index (χ3n) is 2.75.